The first-order valence-electron chi connectivity index (χ1n) is 12.9. The van der Waals surface area contributed by atoms with Crippen molar-refractivity contribution in [3.8, 4) is 0 Å². The maximum absolute atomic E-state index is 12.6. The lowest BCUT2D eigenvalue weighted by Crippen LogP contribution is -2.44. The Labute approximate surface area is 240 Å². The van der Waals surface area contributed by atoms with Crippen LogP contribution >= 0.6 is 12.4 Å². The molecule has 12 nitrogen and oxygen atoms in total. The lowest BCUT2D eigenvalue weighted by Gasteiger charge is -2.19. The third-order valence-electron chi connectivity index (χ3n) is 6.76. The van der Waals surface area contributed by atoms with Crippen molar-refractivity contribution in [1.29, 1.82) is 0 Å². The number of esters is 4. The van der Waals surface area contributed by atoms with E-state index in [4.69, 9.17) is 10.5 Å². The predicted octanol–water partition coefficient (Wildman–Crippen LogP) is 2.14. The fourth-order valence-corrected chi connectivity index (χ4v) is 4.68. The van der Waals surface area contributed by atoms with E-state index in [-0.39, 0.29) is 44.1 Å². The summed E-state index contributed by atoms with van der Waals surface area (Å²) >= 11 is 0. The van der Waals surface area contributed by atoms with Crippen LogP contribution in [-0.2, 0) is 63.8 Å². The lowest BCUT2D eigenvalue weighted by molar-refractivity contribution is -0.145. The van der Waals surface area contributed by atoms with Gasteiger partial charge in [-0.3, -0.25) is 14.4 Å². The van der Waals surface area contributed by atoms with Gasteiger partial charge >= 0.3 is 29.9 Å². The summed E-state index contributed by atoms with van der Waals surface area (Å²) in [5, 5.41) is 5.63. The van der Waals surface area contributed by atoms with Gasteiger partial charge in [-0.1, -0.05) is 6.07 Å². The number of carbonyl (C=O) groups is 5. The largest absolute Gasteiger partial charge is 0.469 e. The summed E-state index contributed by atoms with van der Waals surface area (Å²) in [6.45, 7) is 0. The van der Waals surface area contributed by atoms with E-state index >= 15 is 0 Å². The Hall–Kier alpha value is -3.38. The van der Waals surface area contributed by atoms with Crippen molar-refractivity contribution in [2.45, 2.75) is 76.3 Å². The van der Waals surface area contributed by atoms with Crippen molar-refractivity contribution in [2.24, 2.45) is 5.73 Å². The molecular weight excluding hydrogens is 546 g/mol. The van der Waals surface area contributed by atoms with E-state index < -0.39 is 36.0 Å². The van der Waals surface area contributed by atoms with Crippen molar-refractivity contribution in [3.63, 3.8) is 0 Å². The van der Waals surface area contributed by atoms with Gasteiger partial charge in [-0.05, 0) is 73.6 Å². The first kappa shape index (κ1) is 34.6. The first-order chi connectivity index (χ1) is 18.6. The Morgan fingerprint density at radius 2 is 1.27 bits per heavy atom. The molecule has 4 N–H and O–H groups in total. The normalized spacial score (nSPS) is 14.0. The average Bonchev–Trinajstić information content (AvgIpc) is 3.62. The van der Waals surface area contributed by atoms with E-state index in [0.717, 1.165) is 44.2 Å². The summed E-state index contributed by atoms with van der Waals surface area (Å²) in [5.41, 5.74) is 11.3. The molecule has 0 saturated carbocycles. The summed E-state index contributed by atoms with van der Waals surface area (Å²) in [6.07, 6.45) is 6.72. The number of hydrogen-bond donors (Lipinski definition) is 3. The molecule has 0 saturated heterocycles. The molecule has 0 fully saturated rings. The number of methoxy groups -OCH3 is 4. The van der Waals surface area contributed by atoms with Crippen LogP contribution in [0.3, 0.4) is 0 Å². The number of halogens is 1. The zero-order chi connectivity index (χ0) is 28.9. The van der Waals surface area contributed by atoms with E-state index in [0.29, 0.717) is 0 Å². The van der Waals surface area contributed by atoms with Crippen LogP contribution in [0.2, 0.25) is 0 Å². The smallest absolute Gasteiger partial charge is 0.328 e. The van der Waals surface area contributed by atoms with E-state index in [2.05, 4.69) is 30.9 Å². The summed E-state index contributed by atoms with van der Waals surface area (Å²) < 4.78 is 18.1. The van der Waals surface area contributed by atoms with Gasteiger partial charge in [0.1, 0.15) is 12.1 Å². The van der Waals surface area contributed by atoms with Crippen LogP contribution < -0.4 is 16.4 Å². The average molecular weight is 586 g/mol. The standard InChI is InChI=1S/C20H26N2O5.C7H13NO4.ClH/c1-26-17(23)10-9-16(19(24)27-2)21-20(25)22-18-14-7-3-5-12(14)11-13-6-4-8-15(13)18;1-11-6(9)4-3-5(8)7(10)12-2;/h11,16H,3-10H2,1-2H3,(H2,21,22,25);5H,3-4,8H2,1-2H3;1H/t16-;5-;/m11./s1. The van der Waals surface area contributed by atoms with Gasteiger partial charge in [-0.25, -0.2) is 9.59 Å². The minimum absolute atomic E-state index is 0. The molecule has 40 heavy (non-hydrogen) atoms. The SMILES string of the molecule is COC(=O)CC[C@@H](N)C(=O)OC.COC(=O)CC[C@@H](NC(=O)Nc1c2c(cc3c1CCC3)CCC2)C(=O)OC.Cl. The Morgan fingerprint density at radius 1 is 0.775 bits per heavy atom. The van der Waals surface area contributed by atoms with E-state index in [1.54, 1.807) is 0 Å². The van der Waals surface area contributed by atoms with Crippen LogP contribution in [0.5, 0.6) is 0 Å². The first-order valence-corrected chi connectivity index (χ1v) is 12.9. The molecule has 13 heteroatoms. The molecular formula is C27H40ClN3O9. The number of nitrogens with one attached hydrogen (secondary N) is 2. The molecule has 0 heterocycles. The predicted molar refractivity (Wildman–Crippen MR) is 148 cm³/mol. The van der Waals surface area contributed by atoms with Gasteiger partial charge in [0, 0.05) is 18.5 Å². The third kappa shape index (κ3) is 9.98. The van der Waals surface area contributed by atoms with Crippen molar-refractivity contribution in [1.82, 2.24) is 5.32 Å². The second-order valence-corrected chi connectivity index (χ2v) is 9.27. The highest BCUT2D eigenvalue weighted by atomic mass is 35.5. The molecule has 2 atom stereocenters. The molecule has 2 aliphatic rings. The molecule has 0 unspecified atom stereocenters. The number of hydrogen-bond acceptors (Lipinski definition) is 10. The van der Waals surface area contributed by atoms with Gasteiger partial charge in [0.05, 0.1) is 28.4 Å². The number of benzene rings is 1. The molecule has 3 rings (SSSR count). The summed E-state index contributed by atoms with van der Waals surface area (Å²) in [5.74, 6) is -1.92. The van der Waals surface area contributed by atoms with E-state index in [1.807, 2.05) is 0 Å². The number of ether oxygens (including phenoxy) is 4. The second kappa shape index (κ2) is 17.3. The Kier molecular flexibility index (Phi) is 15.0. The minimum Gasteiger partial charge on any atom is -0.469 e. The Balaban J connectivity index is 0.000000525. The van der Waals surface area contributed by atoms with E-state index in [9.17, 15) is 24.0 Å². The second-order valence-electron chi connectivity index (χ2n) is 9.27. The molecule has 2 aliphatic carbocycles. The van der Waals surface area contributed by atoms with Crippen LogP contribution in [0.1, 0.15) is 60.8 Å². The zero-order valence-electron chi connectivity index (χ0n) is 23.5. The van der Waals surface area contributed by atoms with Crippen molar-refractivity contribution in [2.75, 3.05) is 33.8 Å². The van der Waals surface area contributed by atoms with Gasteiger partial charge in [0.15, 0.2) is 0 Å². The van der Waals surface area contributed by atoms with Gasteiger partial charge in [0.2, 0.25) is 0 Å². The van der Waals surface area contributed by atoms with Gasteiger partial charge in [-0.2, -0.15) is 0 Å². The molecule has 2 amide bonds. The number of aryl methyl sites for hydroxylation is 2. The maximum atomic E-state index is 12.6. The number of urea groups is 1. The van der Waals surface area contributed by atoms with Gasteiger partial charge in [0.25, 0.3) is 0 Å². The molecule has 0 radical (unpaired) electrons. The van der Waals surface area contributed by atoms with Crippen LogP contribution in [0.25, 0.3) is 0 Å². The monoisotopic (exact) mass is 585 g/mol. The highest BCUT2D eigenvalue weighted by molar-refractivity contribution is 5.94. The Bertz CT molecular complexity index is 1030. The number of anilines is 1. The van der Waals surface area contributed by atoms with Crippen molar-refractivity contribution in [3.05, 3.63) is 28.3 Å². The van der Waals surface area contributed by atoms with Crippen LogP contribution in [0.4, 0.5) is 10.5 Å². The fourth-order valence-electron chi connectivity index (χ4n) is 4.68. The van der Waals surface area contributed by atoms with Gasteiger partial charge < -0.3 is 35.3 Å². The molecule has 1 aromatic rings. The topological polar surface area (TPSA) is 172 Å². The molecule has 0 aliphatic heterocycles. The quantitative estimate of drug-likeness (QED) is 0.273. The molecule has 1 aromatic carbocycles. The molecule has 0 bridgehead atoms. The number of carbonyl (C=O) groups excluding carboxylic acids is 5. The van der Waals surface area contributed by atoms with Crippen LogP contribution in [0, 0.1) is 0 Å². The molecule has 0 spiro atoms. The van der Waals surface area contributed by atoms with Crippen LogP contribution in [0.15, 0.2) is 6.07 Å². The van der Waals surface area contributed by atoms with Crippen molar-refractivity contribution < 1.29 is 42.9 Å². The molecule has 0 aromatic heterocycles. The number of nitrogens with two attached hydrogens (primary N) is 1. The summed E-state index contributed by atoms with van der Waals surface area (Å²) in [4.78, 5) is 57.2. The highest BCUT2D eigenvalue weighted by Crippen LogP contribution is 2.38. The number of rotatable bonds is 10. The van der Waals surface area contributed by atoms with Crippen molar-refractivity contribution >= 4 is 48.0 Å². The minimum atomic E-state index is -0.904. The fraction of sp³-hybridized carbons (Fsp3) is 0.593. The summed E-state index contributed by atoms with van der Waals surface area (Å²) in [6, 6.07) is 0.194. The lowest BCUT2D eigenvalue weighted by atomic mass is 9.99. The maximum Gasteiger partial charge on any atom is 0.328 e. The molecule has 224 valence electrons. The zero-order valence-corrected chi connectivity index (χ0v) is 24.3. The number of amides is 2. The van der Waals surface area contributed by atoms with Crippen LogP contribution in [-0.4, -0.2) is 70.4 Å². The summed E-state index contributed by atoms with van der Waals surface area (Å²) in [7, 11) is 5.07. The van der Waals surface area contributed by atoms with Gasteiger partial charge in [-0.15, -0.1) is 12.4 Å². The highest BCUT2D eigenvalue weighted by Gasteiger charge is 2.27. The third-order valence-corrected chi connectivity index (χ3v) is 6.76. The number of fused-ring (bicyclic) bond motifs is 2. The van der Waals surface area contributed by atoms with E-state index in [1.165, 1.54) is 50.7 Å². The Morgan fingerprint density at radius 3 is 1.75 bits per heavy atom.